The number of nitrogen functional groups attached to an aromatic ring is 1. The van der Waals surface area contributed by atoms with E-state index >= 15 is 0 Å². The highest BCUT2D eigenvalue weighted by Crippen LogP contribution is 2.22. The molecule has 0 bridgehead atoms. The molecule has 20 aromatic rings. The Kier molecular flexibility index (Phi) is 47.2. The van der Waals surface area contributed by atoms with E-state index in [9.17, 15) is 23.6 Å². The summed E-state index contributed by atoms with van der Waals surface area (Å²) in [4.78, 5) is 90.0. The Morgan fingerprint density at radius 3 is 1.07 bits per heavy atom. The molecule has 47 heteroatoms. The number of benzene rings is 10. The van der Waals surface area contributed by atoms with Crippen molar-refractivity contribution in [2.24, 2.45) is 0 Å². The van der Waals surface area contributed by atoms with Gasteiger partial charge in [0.2, 0.25) is 41.3 Å². The van der Waals surface area contributed by atoms with Crippen LogP contribution in [0.4, 0.5) is 68.2 Å². The summed E-state index contributed by atoms with van der Waals surface area (Å²) in [7, 11) is 19.2. The highest BCUT2D eigenvalue weighted by Gasteiger charge is 2.17. The maximum absolute atomic E-state index is 13.1. The average Bonchev–Trinajstić information content (AvgIpc) is 1.73. The van der Waals surface area contributed by atoms with Crippen molar-refractivity contribution in [3.8, 4) is 0 Å². The van der Waals surface area contributed by atoms with Crippen LogP contribution < -0.4 is 77.2 Å². The highest BCUT2D eigenvalue weighted by molar-refractivity contribution is 7.71. The van der Waals surface area contributed by atoms with E-state index < -0.39 is 11.7 Å². The Balaban J connectivity index is 0.000000170. The molecule has 43 nitrogen and oxygen atoms in total. The number of anilines is 11. The number of aromatic amines is 11. The Morgan fingerprint density at radius 1 is 0.387 bits per heavy atom. The third kappa shape index (κ3) is 40.7. The third-order valence-electron chi connectivity index (χ3n) is 21.0. The maximum atomic E-state index is 13.1. The summed E-state index contributed by atoms with van der Waals surface area (Å²) in [6.07, 6.45) is 5.18. The van der Waals surface area contributed by atoms with Crippen molar-refractivity contribution in [2.45, 2.75) is 65.4 Å². The highest BCUT2D eigenvalue weighted by atomic mass is 32.1. The molecule has 10 aromatic heterocycles. The molecule has 0 spiro atoms. The van der Waals surface area contributed by atoms with E-state index in [1.165, 1.54) is 62.9 Å². The fourth-order valence-corrected chi connectivity index (χ4v) is 15.0. The van der Waals surface area contributed by atoms with Gasteiger partial charge in [0.15, 0.2) is 22.1 Å². The van der Waals surface area contributed by atoms with Gasteiger partial charge in [-0.2, -0.15) is 64.4 Å². The Hall–Kier alpha value is -18.9. The van der Waals surface area contributed by atoms with Gasteiger partial charge in [0.05, 0.1) is 18.5 Å². The Morgan fingerprint density at radius 2 is 0.760 bits per heavy atom. The summed E-state index contributed by atoms with van der Waals surface area (Å²) in [5, 5.41) is 59.5. The monoisotopic (exact) mass is 2090 g/mol. The van der Waals surface area contributed by atoms with Crippen molar-refractivity contribution in [3.05, 3.63) is 442 Å². The molecule has 10 heterocycles. The normalized spacial score (nSPS) is 10.0. The Labute approximate surface area is 876 Å². The van der Waals surface area contributed by atoms with E-state index in [-0.39, 0.29) is 28.6 Å². The van der Waals surface area contributed by atoms with Gasteiger partial charge in [0.1, 0.15) is 11.3 Å². The van der Waals surface area contributed by atoms with Gasteiger partial charge in [-0.15, -0.1) is 30.6 Å². The lowest BCUT2D eigenvalue weighted by Gasteiger charge is -2.15. The molecule has 0 aliphatic heterocycles. The standard InChI is InChI=1S/C11H12N2O2.C11H12N2OS.C10H11FN4.C10H13N5.C10H12N4S.3C10H12N4.C10H11N3O2.C10H11N3OS.CO2/c2*1-13(11-7-10(14)12-15-11)8-9-5-3-2-4-6-9;1-15(10-9(11)12-14-13-10)7-8-5-3-2-4-6-8;1-15(10-12-9(11)13-14-10)7-8-5-3-2-4-6-8;1-14(9-10(15)12-13-11-9)7-8-5-3-2-4-6-8;2*1-14(10-7-11-13-12-10)8-9-5-3-2-4-6-9;1-14(10-11-8-12-13-10)7-9-5-3-2-4-6-9;1-13(9-11-10(14)15-12-9)7-8-5-3-2-4-6-8;1-13(9-10(14)12-15-11-9)7-8-5-3-2-4-6-8;2-1-3/h2*2-7H,8H2,1H3,(H,12,14);2-6H,7H2,1H3,(H,12,13,14);2-6H,7H2,1H3,(H3,11,12,13,14);2-6H,7H2,1H3,(H2,11,12,13,15);2*2-7H,8H2,1H3,(H,11,12,13);2-6,8H,7H2,1H3,(H,11,12,13);2-6H,7H2,1H3,(H,11,12,14);2-6H,7H2,1H3,(H,12,14);. The van der Waals surface area contributed by atoms with Crippen LogP contribution >= 0.6 is 35.5 Å². The quantitative estimate of drug-likeness (QED) is 0.0186. The van der Waals surface area contributed by atoms with Gasteiger partial charge in [0, 0.05) is 154 Å². The van der Waals surface area contributed by atoms with Crippen molar-refractivity contribution in [3.63, 3.8) is 0 Å². The summed E-state index contributed by atoms with van der Waals surface area (Å²) < 4.78 is 32.4. The number of aromatic nitrogens is 24. The first-order chi connectivity index (χ1) is 72.8. The number of nitrogens with two attached hydrogens (primary N) is 1. The second kappa shape index (κ2) is 62.6. The molecule has 13 N–H and O–H groups in total. The molecular formula is C103H118FN35O8S3. The van der Waals surface area contributed by atoms with E-state index in [2.05, 4.69) is 203 Å². The lowest BCUT2D eigenvalue weighted by Crippen LogP contribution is -2.22. The number of hydrogen-bond acceptors (Lipinski definition) is 35. The van der Waals surface area contributed by atoms with Crippen LogP contribution in [0.5, 0.6) is 0 Å². The SMILES string of the molecule is CN(Cc1ccccc1)c1cc(=O)[nH]o1.CN(Cc1ccccc1)c1cc(=O)[nH]s1.CN(Cc1ccccc1)c1cn[nH]n1.CN(Cc1ccccc1)c1cn[nH]n1.CN(Cc1ccccc1)c1n[nH][nH]c1=S.CN(Cc1ccccc1)c1n[nH]c(N)n1.CN(Cc1ccccc1)c1n[nH]nc1F.CN(Cc1ccccc1)c1ncn[nH]1.CN(Cc1ccccc1)c1noc(=O)[nH]1.CN(Cc1ccccc1)c1ns[nH]c1=O.O=C=O. The predicted molar refractivity (Wildman–Crippen MR) is 585 cm³/mol. The number of carbonyl (C=O) groups excluding carboxylic acids is 2. The molecule has 10 aromatic carbocycles. The fourth-order valence-electron chi connectivity index (χ4n) is 13.6. The van der Waals surface area contributed by atoms with Gasteiger partial charge in [-0.25, -0.2) is 20.2 Å². The molecule has 0 aliphatic carbocycles. The Bertz CT molecular complexity index is 6820. The first kappa shape index (κ1) is 113. The van der Waals surface area contributed by atoms with Crippen LogP contribution in [0.1, 0.15) is 55.6 Å². The third-order valence-corrected chi connectivity index (χ3v) is 22.7. The van der Waals surface area contributed by atoms with Crippen molar-refractivity contribution in [2.75, 3.05) is 125 Å². The zero-order chi connectivity index (χ0) is 107. The number of halogens is 1. The van der Waals surface area contributed by atoms with Gasteiger partial charge in [-0.3, -0.25) is 37.7 Å². The van der Waals surface area contributed by atoms with E-state index in [4.69, 9.17) is 32.1 Å². The number of rotatable bonds is 30. The largest absolute Gasteiger partial charge is 0.440 e. The topological polar surface area (TPSA) is 528 Å². The van der Waals surface area contributed by atoms with Gasteiger partial charge in [-0.05, 0) is 72.3 Å². The smallest absolute Gasteiger partial charge is 0.368 e. The summed E-state index contributed by atoms with van der Waals surface area (Å²) in [6, 6.07) is 104. The maximum Gasteiger partial charge on any atom is 0.440 e. The fraction of sp³-hybridized carbons (Fsp3) is 0.194. The second-order valence-electron chi connectivity index (χ2n) is 32.9. The van der Waals surface area contributed by atoms with Crippen LogP contribution in [0.15, 0.2) is 362 Å². The lowest BCUT2D eigenvalue weighted by molar-refractivity contribution is -0.191. The molecule has 0 fully saturated rings. The van der Waals surface area contributed by atoms with Crippen molar-refractivity contribution in [1.82, 2.24) is 120 Å². The summed E-state index contributed by atoms with van der Waals surface area (Å²) in [5.41, 5.74) is 17.1. The molecule has 0 saturated heterocycles. The van der Waals surface area contributed by atoms with E-state index in [1.54, 1.807) is 35.3 Å². The number of nitrogens with one attached hydrogen (secondary N) is 11. The molecule has 0 saturated carbocycles. The van der Waals surface area contributed by atoms with Crippen molar-refractivity contribution >= 4 is 105 Å². The summed E-state index contributed by atoms with van der Waals surface area (Å²) in [6.45, 7) is 7.55. The predicted octanol–water partition coefficient (Wildman–Crippen LogP) is 14.6. The molecule has 0 unspecified atom stereocenters. The van der Waals surface area contributed by atoms with Crippen LogP contribution in [0.2, 0.25) is 0 Å². The molecule has 778 valence electrons. The average molecular weight is 2090 g/mol. The van der Waals surface area contributed by atoms with E-state index in [0.717, 1.165) is 96.1 Å². The molecule has 0 aliphatic rings. The van der Waals surface area contributed by atoms with Crippen LogP contribution in [-0.4, -0.2) is 197 Å². The van der Waals surface area contributed by atoms with Crippen LogP contribution in [0.3, 0.4) is 0 Å². The summed E-state index contributed by atoms with van der Waals surface area (Å²) >= 11 is 7.53. The first-order valence-corrected chi connectivity index (χ1v) is 48.2. The van der Waals surface area contributed by atoms with Gasteiger partial charge < -0.3 is 59.3 Å². The van der Waals surface area contributed by atoms with Gasteiger partial charge >= 0.3 is 17.5 Å². The van der Waals surface area contributed by atoms with Gasteiger partial charge in [0.25, 0.3) is 17.1 Å². The number of nitrogens with zero attached hydrogens (tertiary/aromatic N) is 23. The van der Waals surface area contributed by atoms with Crippen LogP contribution in [0, 0.1) is 10.6 Å². The van der Waals surface area contributed by atoms with Crippen LogP contribution in [0.25, 0.3) is 0 Å². The molecule has 20 rings (SSSR count). The van der Waals surface area contributed by atoms with E-state index in [1.807, 2.05) is 328 Å². The molecule has 0 atom stereocenters. The molecule has 0 amide bonds. The minimum absolute atomic E-state index is 0.0325. The molecule has 0 radical (unpaired) electrons. The zero-order valence-corrected chi connectivity index (χ0v) is 86.5. The van der Waals surface area contributed by atoms with Crippen LogP contribution in [-0.2, 0) is 75.0 Å². The summed E-state index contributed by atoms with van der Waals surface area (Å²) in [5.74, 6) is 4.79. The van der Waals surface area contributed by atoms with E-state index in [0.29, 0.717) is 60.4 Å². The first-order valence-electron chi connectivity index (χ1n) is 46.2. The van der Waals surface area contributed by atoms with Gasteiger partial charge in [-0.1, -0.05) is 316 Å². The minimum atomic E-state index is -0.576. The lowest BCUT2D eigenvalue weighted by atomic mass is 10.2. The molecule has 150 heavy (non-hydrogen) atoms. The number of hydrogen-bond donors (Lipinski definition) is 12. The number of H-pyrrole nitrogens is 11. The second-order valence-corrected chi connectivity index (χ2v) is 34.7. The van der Waals surface area contributed by atoms with Crippen molar-refractivity contribution < 1.29 is 23.0 Å². The van der Waals surface area contributed by atoms with Crippen molar-refractivity contribution in [1.29, 1.82) is 0 Å². The zero-order valence-electron chi connectivity index (χ0n) is 84.1. The minimum Gasteiger partial charge on any atom is -0.368 e. The molecular weight excluding hydrogens is 1970 g/mol.